The standard InChI is InChI=1S/C29H32N2O4S/c1-20-9-11-21(12-10-20)28(29(33)30-22-6-3-2-4-7-22)31(27(32)19-24-8-5-17-36-24)23-13-14-25-26(18-23)35-16-15-34-25/h5,8-14,17-18,22,28H,2-4,6-7,15-16,19H2,1H3,(H,30,33)/t28-/m0/s1. The second-order valence-electron chi connectivity index (χ2n) is 9.50. The van der Waals surface area contributed by atoms with Gasteiger partial charge in [0.25, 0.3) is 0 Å². The van der Waals surface area contributed by atoms with Gasteiger partial charge < -0.3 is 14.8 Å². The van der Waals surface area contributed by atoms with Crippen molar-refractivity contribution in [2.24, 2.45) is 0 Å². The highest BCUT2D eigenvalue weighted by molar-refractivity contribution is 7.10. The Morgan fingerprint density at radius 3 is 2.47 bits per heavy atom. The molecular formula is C29H32N2O4S. The monoisotopic (exact) mass is 504 g/mol. The van der Waals surface area contributed by atoms with Crippen molar-refractivity contribution >= 4 is 28.8 Å². The van der Waals surface area contributed by atoms with Crippen LogP contribution in [0.5, 0.6) is 11.5 Å². The molecule has 0 bridgehead atoms. The summed E-state index contributed by atoms with van der Waals surface area (Å²) in [4.78, 5) is 30.5. The van der Waals surface area contributed by atoms with Crippen molar-refractivity contribution in [1.82, 2.24) is 5.32 Å². The van der Waals surface area contributed by atoms with Gasteiger partial charge in [-0.05, 0) is 48.9 Å². The van der Waals surface area contributed by atoms with E-state index in [1.54, 1.807) is 16.2 Å². The first-order valence-corrected chi connectivity index (χ1v) is 13.6. The molecule has 0 unspecified atom stereocenters. The molecule has 5 rings (SSSR count). The third-order valence-electron chi connectivity index (χ3n) is 6.83. The van der Waals surface area contributed by atoms with Crippen LogP contribution < -0.4 is 19.7 Å². The van der Waals surface area contributed by atoms with Gasteiger partial charge in [-0.1, -0.05) is 55.2 Å². The summed E-state index contributed by atoms with van der Waals surface area (Å²) in [5.74, 6) is 0.941. The van der Waals surface area contributed by atoms with E-state index in [0.717, 1.165) is 41.7 Å². The van der Waals surface area contributed by atoms with E-state index in [2.05, 4.69) is 5.32 Å². The third kappa shape index (κ3) is 5.57. The van der Waals surface area contributed by atoms with E-state index in [1.165, 1.54) is 6.42 Å². The predicted octanol–water partition coefficient (Wildman–Crippen LogP) is 5.59. The lowest BCUT2D eigenvalue weighted by Crippen LogP contribution is -2.47. The van der Waals surface area contributed by atoms with E-state index in [4.69, 9.17) is 9.47 Å². The van der Waals surface area contributed by atoms with Gasteiger partial charge >= 0.3 is 0 Å². The minimum atomic E-state index is -0.803. The van der Waals surface area contributed by atoms with Crippen molar-refractivity contribution in [3.63, 3.8) is 0 Å². The second kappa shape index (κ2) is 11.2. The van der Waals surface area contributed by atoms with Crippen molar-refractivity contribution in [3.05, 3.63) is 76.0 Å². The number of rotatable bonds is 7. The number of amides is 2. The number of hydrogen-bond acceptors (Lipinski definition) is 5. The van der Waals surface area contributed by atoms with Crippen molar-refractivity contribution in [1.29, 1.82) is 0 Å². The molecule has 0 radical (unpaired) electrons. The van der Waals surface area contributed by atoms with Gasteiger partial charge in [0.05, 0.1) is 6.42 Å². The quantitative estimate of drug-likeness (QED) is 0.455. The van der Waals surface area contributed by atoms with Crippen LogP contribution in [0.15, 0.2) is 60.0 Å². The number of nitrogens with one attached hydrogen (secondary N) is 1. The molecule has 6 nitrogen and oxygen atoms in total. The smallest absolute Gasteiger partial charge is 0.248 e. The molecule has 2 amide bonds. The SMILES string of the molecule is Cc1ccc([C@@H](C(=O)NC2CCCCC2)N(C(=O)Cc2cccs2)c2ccc3c(c2)OCCO3)cc1. The summed E-state index contributed by atoms with van der Waals surface area (Å²) < 4.78 is 11.5. The molecule has 36 heavy (non-hydrogen) atoms. The molecule has 2 aliphatic rings. The maximum absolute atomic E-state index is 13.9. The molecule has 1 aromatic heterocycles. The summed E-state index contributed by atoms with van der Waals surface area (Å²) in [6.45, 7) is 2.95. The van der Waals surface area contributed by atoms with Gasteiger partial charge in [-0.25, -0.2) is 0 Å². The van der Waals surface area contributed by atoms with Gasteiger partial charge in [0.2, 0.25) is 11.8 Å². The first-order valence-electron chi connectivity index (χ1n) is 12.7. The summed E-state index contributed by atoms with van der Waals surface area (Å²) in [5, 5.41) is 5.23. The molecule has 1 N–H and O–H groups in total. The predicted molar refractivity (Wildman–Crippen MR) is 142 cm³/mol. The zero-order valence-corrected chi connectivity index (χ0v) is 21.4. The lowest BCUT2D eigenvalue weighted by molar-refractivity contribution is -0.127. The molecule has 1 fully saturated rings. The largest absolute Gasteiger partial charge is 0.486 e. The zero-order valence-electron chi connectivity index (χ0n) is 20.6. The Kier molecular flexibility index (Phi) is 7.56. The molecule has 1 aliphatic carbocycles. The van der Waals surface area contributed by atoms with Gasteiger partial charge in [0.15, 0.2) is 11.5 Å². The highest BCUT2D eigenvalue weighted by atomic mass is 32.1. The average molecular weight is 505 g/mol. The number of fused-ring (bicyclic) bond motifs is 1. The van der Waals surface area contributed by atoms with Crippen LogP contribution in [0.2, 0.25) is 0 Å². The number of anilines is 1. The Bertz CT molecular complexity index is 1190. The highest BCUT2D eigenvalue weighted by Crippen LogP contribution is 2.37. The number of hydrogen-bond donors (Lipinski definition) is 1. The Morgan fingerprint density at radius 1 is 1.00 bits per heavy atom. The summed E-state index contributed by atoms with van der Waals surface area (Å²) in [7, 11) is 0. The van der Waals surface area contributed by atoms with Crippen LogP contribution in [0.1, 0.15) is 54.1 Å². The number of carbonyl (C=O) groups is 2. The molecule has 1 aliphatic heterocycles. The number of thiophene rings is 1. The molecule has 7 heteroatoms. The topological polar surface area (TPSA) is 67.9 Å². The molecule has 3 aromatic rings. The Balaban J connectivity index is 1.56. The van der Waals surface area contributed by atoms with Crippen LogP contribution in [-0.4, -0.2) is 31.1 Å². The minimum Gasteiger partial charge on any atom is -0.486 e. The average Bonchev–Trinajstić information content (AvgIpc) is 3.41. The first kappa shape index (κ1) is 24.4. The van der Waals surface area contributed by atoms with Gasteiger partial charge in [0.1, 0.15) is 19.3 Å². The molecule has 1 atom stereocenters. The molecule has 2 aromatic carbocycles. The molecular weight excluding hydrogens is 472 g/mol. The number of benzene rings is 2. The van der Waals surface area contributed by atoms with Gasteiger partial charge in [-0.2, -0.15) is 0 Å². The van der Waals surface area contributed by atoms with Crippen LogP contribution in [0.25, 0.3) is 0 Å². The van der Waals surface area contributed by atoms with E-state index in [9.17, 15) is 9.59 Å². The fourth-order valence-corrected chi connectivity index (χ4v) is 5.66. The highest BCUT2D eigenvalue weighted by Gasteiger charge is 2.35. The number of aryl methyl sites for hydroxylation is 1. The number of carbonyl (C=O) groups excluding carboxylic acids is 2. The van der Waals surface area contributed by atoms with Gasteiger partial charge in [-0.15, -0.1) is 11.3 Å². The lowest BCUT2D eigenvalue weighted by atomic mass is 9.94. The Hall–Kier alpha value is -3.32. The van der Waals surface area contributed by atoms with Gasteiger partial charge in [-0.3, -0.25) is 14.5 Å². The summed E-state index contributed by atoms with van der Waals surface area (Å²) in [6, 6.07) is 16.6. The van der Waals surface area contributed by atoms with Crippen molar-refractivity contribution in [3.8, 4) is 11.5 Å². The van der Waals surface area contributed by atoms with Crippen LogP contribution in [0.4, 0.5) is 5.69 Å². The van der Waals surface area contributed by atoms with E-state index >= 15 is 0 Å². The summed E-state index contributed by atoms with van der Waals surface area (Å²) in [6.07, 6.45) is 5.59. The second-order valence-corrected chi connectivity index (χ2v) is 10.5. The van der Waals surface area contributed by atoms with E-state index in [1.807, 2.05) is 66.9 Å². The molecule has 0 saturated heterocycles. The fraction of sp³-hybridized carbons (Fsp3) is 0.379. The third-order valence-corrected chi connectivity index (χ3v) is 7.71. The lowest BCUT2D eigenvalue weighted by Gasteiger charge is -2.34. The van der Waals surface area contributed by atoms with Crippen molar-refractivity contribution in [2.45, 2.75) is 57.5 Å². The van der Waals surface area contributed by atoms with Crippen LogP contribution >= 0.6 is 11.3 Å². The fourth-order valence-electron chi connectivity index (χ4n) is 4.96. The maximum atomic E-state index is 13.9. The van der Waals surface area contributed by atoms with E-state index < -0.39 is 6.04 Å². The molecule has 188 valence electrons. The summed E-state index contributed by atoms with van der Waals surface area (Å²) in [5.41, 5.74) is 2.49. The molecule has 1 saturated carbocycles. The molecule has 0 spiro atoms. The van der Waals surface area contributed by atoms with Crippen molar-refractivity contribution in [2.75, 3.05) is 18.1 Å². The molecule has 2 heterocycles. The van der Waals surface area contributed by atoms with E-state index in [-0.39, 0.29) is 24.3 Å². The van der Waals surface area contributed by atoms with Crippen LogP contribution in [-0.2, 0) is 16.0 Å². The van der Waals surface area contributed by atoms with E-state index in [0.29, 0.717) is 30.4 Å². The minimum absolute atomic E-state index is 0.133. The van der Waals surface area contributed by atoms with Crippen LogP contribution in [0.3, 0.4) is 0 Å². The Morgan fingerprint density at radius 2 is 1.75 bits per heavy atom. The van der Waals surface area contributed by atoms with Crippen LogP contribution in [0, 0.1) is 6.92 Å². The first-order chi connectivity index (χ1) is 17.6. The maximum Gasteiger partial charge on any atom is 0.248 e. The zero-order chi connectivity index (χ0) is 24.9. The normalized spacial score (nSPS) is 16.2. The Labute approximate surface area is 216 Å². The summed E-state index contributed by atoms with van der Waals surface area (Å²) >= 11 is 1.54. The van der Waals surface area contributed by atoms with Crippen molar-refractivity contribution < 1.29 is 19.1 Å². The number of nitrogens with zero attached hydrogens (tertiary/aromatic N) is 1. The van der Waals surface area contributed by atoms with Gasteiger partial charge in [0, 0.05) is 22.7 Å². The number of ether oxygens (including phenoxy) is 2.